The number of fused-ring (bicyclic) bond motifs is 1. The van der Waals surface area contributed by atoms with E-state index in [0.717, 1.165) is 23.2 Å². The first-order valence-electron chi connectivity index (χ1n) is 14.9. The summed E-state index contributed by atoms with van der Waals surface area (Å²) >= 11 is 1.63. The summed E-state index contributed by atoms with van der Waals surface area (Å²) in [6, 6.07) is 4.58. The lowest BCUT2D eigenvalue weighted by Crippen LogP contribution is -2.58. The number of allylic oxidation sites excluding steroid dienone is 1. The van der Waals surface area contributed by atoms with Crippen LogP contribution in [0.25, 0.3) is 0 Å². The SMILES string of the molecule is C=CCCCOC(=O)[C@@H]1[C@H]2C(=O)N([C@@H](CO)CC(C)C)C(C(=O)N(CC=C)c3c(C)cccc3C)C23CC[C@@]1(C)S3. The lowest BCUT2D eigenvalue weighted by atomic mass is 9.66. The molecule has 3 saturated heterocycles. The van der Waals surface area contributed by atoms with Gasteiger partial charge < -0.3 is 19.6 Å². The number of para-hydroxylation sites is 1. The van der Waals surface area contributed by atoms with Gasteiger partial charge in [-0.1, -0.05) is 44.2 Å². The molecule has 1 aromatic carbocycles. The summed E-state index contributed by atoms with van der Waals surface area (Å²) < 4.78 is 4.45. The number of benzene rings is 1. The van der Waals surface area contributed by atoms with Gasteiger partial charge in [0.1, 0.15) is 6.04 Å². The Morgan fingerprint density at radius 3 is 2.49 bits per heavy atom. The molecule has 6 atom stereocenters. The highest BCUT2D eigenvalue weighted by molar-refractivity contribution is 8.02. The molecule has 224 valence electrons. The van der Waals surface area contributed by atoms with Gasteiger partial charge in [0.15, 0.2) is 0 Å². The maximum Gasteiger partial charge on any atom is 0.311 e. The minimum atomic E-state index is -0.819. The number of esters is 1. The maximum absolute atomic E-state index is 14.9. The number of aryl methyl sites for hydroxylation is 2. The number of carbonyl (C=O) groups excluding carboxylic acids is 3. The Kier molecular flexibility index (Phi) is 9.44. The molecule has 2 amide bonds. The van der Waals surface area contributed by atoms with Crippen molar-refractivity contribution in [2.75, 3.05) is 24.7 Å². The second-order valence-corrected chi connectivity index (χ2v) is 14.4. The normalized spacial score (nSPS) is 29.0. The number of hydrogen-bond acceptors (Lipinski definition) is 6. The van der Waals surface area contributed by atoms with Crippen molar-refractivity contribution in [1.29, 1.82) is 0 Å². The average Bonchev–Trinajstić information content (AvgIpc) is 3.49. The first-order chi connectivity index (χ1) is 19.5. The smallest absolute Gasteiger partial charge is 0.311 e. The highest BCUT2D eigenvalue weighted by Gasteiger charge is 2.78. The zero-order valence-corrected chi connectivity index (χ0v) is 26.0. The molecule has 4 rings (SSSR count). The lowest BCUT2D eigenvalue weighted by Gasteiger charge is -2.40. The molecule has 3 heterocycles. The molecule has 3 aliphatic heterocycles. The average molecular weight is 583 g/mol. The quantitative estimate of drug-likeness (QED) is 0.195. The van der Waals surface area contributed by atoms with Crippen LogP contribution in [0.1, 0.15) is 64.0 Å². The van der Waals surface area contributed by atoms with Gasteiger partial charge >= 0.3 is 5.97 Å². The van der Waals surface area contributed by atoms with E-state index < -0.39 is 33.4 Å². The minimum absolute atomic E-state index is 0.183. The number of likely N-dealkylation sites (tertiary alicyclic amines) is 1. The molecular formula is C33H46N2O5S. The number of rotatable bonds is 13. The number of aliphatic hydroxyl groups is 1. The fourth-order valence-corrected chi connectivity index (χ4v) is 9.83. The molecule has 1 aromatic rings. The second kappa shape index (κ2) is 12.3. The van der Waals surface area contributed by atoms with Gasteiger partial charge in [-0.25, -0.2) is 0 Å². The summed E-state index contributed by atoms with van der Waals surface area (Å²) in [4.78, 5) is 46.5. The summed E-state index contributed by atoms with van der Waals surface area (Å²) in [6.45, 7) is 18.1. The summed E-state index contributed by atoms with van der Waals surface area (Å²) in [5, 5.41) is 10.6. The van der Waals surface area contributed by atoms with Crippen molar-refractivity contribution >= 4 is 35.2 Å². The van der Waals surface area contributed by atoms with E-state index in [0.29, 0.717) is 25.7 Å². The molecule has 3 aliphatic rings. The number of aliphatic hydroxyl groups excluding tert-OH is 1. The number of nitrogens with zero attached hydrogens (tertiary/aromatic N) is 2. The molecule has 2 bridgehead atoms. The third kappa shape index (κ3) is 5.38. The van der Waals surface area contributed by atoms with Crippen molar-refractivity contribution in [2.45, 2.75) is 88.3 Å². The summed E-state index contributed by atoms with van der Waals surface area (Å²) in [5.74, 6) is -1.90. The van der Waals surface area contributed by atoms with Crippen LogP contribution >= 0.6 is 11.8 Å². The molecule has 0 radical (unpaired) electrons. The predicted molar refractivity (Wildman–Crippen MR) is 165 cm³/mol. The standard InChI is InChI=1S/C33H46N2O5S/c1-8-10-11-18-40-31(39)26-25-29(37)35(24(20-36)19-21(3)4)28(33(25)16-15-32(26,7)41-33)30(38)34(17-9-2)27-22(5)13-12-14-23(27)6/h8-9,12-14,21,24-26,28,36H,1-2,10-11,15-20H2,3-7H3/t24-,25+,26+,28?,32-,33?/m1/s1. The van der Waals surface area contributed by atoms with Crippen LogP contribution in [0.3, 0.4) is 0 Å². The number of carbonyl (C=O) groups is 3. The van der Waals surface area contributed by atoms with E-state index in [1.165, 1.54) is 0 Å². The molecular weight excluding hydrogens is 536 g/mol. The first-order valence-corrected chi connectivity index (χ1v) is 15.7. The van der Waals surface area contributed by atoms with Gasteiger partial charge in [0.25, 0.3) is 5.91 Å². The molecule has 0 aromatic heterocycles. The van der Waals surface area contributed by atoms with Crippen molar-refractivity contribution in [1.82, 2.24) is 4.90 Å². The van der Waals surface area contributed by atoms with Crippen LogP contribution in [-0.2, 0) is 19.1 Å². The maximum atomic E-state index is 14.9. The monoisotopic (exact) mass is 582 g/mol. The Balaban J connectivity index is 1.82. The second-order valence-electron chi connectivity index (χ2n) is 12.5. The number of thioether (sulfide) groups is 1. The van der Waals surface area contributed by atoms with Crippen LogP contribution < -0.4 is 4.90 Å². The van der Waals surface area contributed by atoms with Crippen molar-refractivity contribution in [3.8, 4) is 0 Å². The van der Waals surface area contributed by atoms with Crippen LogP contribution in [0.2, 0.25) is 0 Å². The van der Waals surface area contributed by atoms with E-state index in [-0.39, 0.29) is 43.5 Å². The lowest BCUT2D eigenvalue weighted by molar-refractivity contribution is -0.156. The third-order valence-electron chi connectivity index (χ3n) is 9.13. The van der Waals surface area contributed by atoms with Crippen LogP contribution in [0.4, 0.5) is 5.69 Å². The van der Waals surface area contributed by atoms with E-state index in [1.54, 1.807) is 33.7 Å². The Morgan fingerprint density at radius 2 is 1.90 bits per heavy atom. The van der Waals surface area contributed by atoms with Gasteiger partial charge in [-0.05, 0) is 69.9 Å². The Bertz CT molecular complexity index is 1180. The molecule has 7 nitrogen and oxygen atoms in total. The fourth-order valence-electron chi connectivity index (χ4n) is 7.50. The van der Waals surface area contributed by atoms with Gasteiger partial charge in [0, 0.05) is 17.0 Å². The Hall–Kier alpha value is -2.58. The molecule has 0 aliphatic carbocycles. The van der Waals surface area contributed by atoms with Crippen molar-refractivity contribution in [3.05, 3.63) is 54.6 Å². The molecule has 1 N–H and O–H groups in total. The summed E-state index contributed by atoms with van der Waals surface area (Å²) in [5.41, 5.74) is 2.74. The van der Waals surface area contributed by atoms with Crippen molar-refractivity contribution in [3.63, 3.8) is 0 Å². The summed E-state index contributed by atoms with van der Waals surface area (Å²) in [6.07, 6.45) is 6.83. The van der Waals surface area contributed by atoms with E-state index in [2.05, 4.69) is 13.2 Å². The highest BCUT2D eigenvalue weighted by Crippen LogP contribution is 2.72. The topological polar surface area (TPSA) is 87.1 Å². The molecule has 3 fully saturated rings. The largest absolute Gasteiger partial charge is 0.465 e. The van der Waals surface area contributed by atoms with Gasteiger partial charge in [-0.2, -0.15) is 0 Å². The van der Waals surface area contributed by atoms with E-state index in [9.17, 15) is 19.5 Å². The number of amides is 2. The third-order valence-corrected chi connectivity index (χ3v) is 11.1. The van der Waals surface area contributed by atoms with Crippen LogP contribution in [0, 0.1) is 31.6 Å². The number of hydrogen-bond donors (Lipinski definition) is 1. The Morgan fingerprint density at radius 1 is 1.22 bits per heavy atom. The van der Waals surface area contributed by atoms with Gasteiger partial charge in [0.05, 0.1) is 35.8 Å². The molecule has 8 heteroatoms. The first kappa shape index (κ1) is 31.4. The summed E-state index contributed by atoms with van der Waals surface area (Å²) in [7, 11) is 0. The van der Waals surface area contributed by atoms with Crippen LogP contribution in [-0.4, -0.2) is 69.1 Å². The number of anilines is 1. The molecule has 0 saturated carbocycles. The van der Waals surface area contributed by atoms with Crippen LogP contribution in [0.5, 0.6) is 0 Å². The molecule has 41 heavy (non-hydrogen) atoms. The zero-order valence-electron chi connectivity index (χ0n) is 25.2. The fraction of sp³-hybridized carbons (Fsp3) is 0.606. The number of ether oxygens (including phenoxy) is 1. The Labute approximate surface area is 249 Å². The van der Waals surface area contributed by atoms with Gasteiger partial charge in [-0.15, -0.1) is 24.9 Å². The minimum Gasteiger partial charge on any atom is -0.465 e. The van der Waals surface area contributed by atoms with E-state index >= 15 is 0 Å². The molecule has 1 spiro atoms. The predicted octanol–water partition coefficient (Wildman–Crippen LogP) is 5.22. The van der Waals surface area contributed by atoms with Gasteiger partial charge in [-0.3, -0.25) is 14.4 Å². The zero-order chi connectivity index (χ0) is 30.1. The van der Waals surface area contributed by atoms with E-state index in [4.69, 9.17) is 4.74 Å². The van der Waals surface area contributed by atoms with E-state index in [1.807, 2.05) is 52.8 Å². The van der Waals surface area contributed by atoms with Crippen molar-refractivity contribution in [2.24, 2.45) is 17.8 Å². The van der Waals surface area contributed by atoms with Crippen molar-refractivity contribution < 1.29 is 24.2 Å². The molecule has 2 unspecified atom stereocenters. The highest BCUT2D eigenvalue weighted by atomic mass is 32.2. The van der Waals surface area contributed by atoms with Crippen LogP contribution in [0.15, 0.2) is 43.5 Å². The number of unbranched alkanes of at least 4 members (excludes halogenated alkanes) is 1. The van der Waals surface area contributed by atoms with Gasteiger partial charge in [0.2, 0.25) is 5.91 Å².